The molecular formula is C14H20ClNO5S. The molecule has 1 aliphatic rings. The summed E-state index contributed by atoms with van der Waals surface area (Å²) in [5.74, 6) is 0.595. The molecule has 1 aliphatic heterocycles. The molecule has 8 heteroatoms. The van der Waals surface area contributed by atoms with Crippen molar-refractivity contribution in [3.63, 3.8) is 0 Å². The fourth-order valence-corrected chi connectivity index (χ4v) is 4.26. The summed E-state index contributed by atoms with van der Waals surface area (Å²) in [4.78, 5) is 0. The zero-order chi connectivity index (χ0) is 16.3. The first-order chi connectivity index (χ1) is 10.4. The van der Waals surface area contributed by atoms with Crippen LogP contribution in [0.15, 0.2) is 18.2 Å². The number of sulfonamides is 1. The van der Waals surface area contributed by atoms with Crippen LogP contribution in [-0.4, -0.2) is 58.6 Å². The highest BCUT2D eigenvalue weighted by Gasteiger charge is 2.41. The quantitative estimate of drug-likeness (QED) is 0.779. The van der Waals surface area contributed by atoms with Gasteiger partial charge in [-0.3, -0.25) is 0 Å². The molecule has 124 valence electrons. The van der Waals surface area contributed by atoms with Crippen LogP contribution in [-0.2, 0) is 26.0 Å². The minimum absolute atomic E-state index is 0.137. The van der Waals surface area contributed by atoms with E-state index in [1.54, 1.807) is 18.2 Å². The van der Waals surface area contributed by atoms with E-state index in [0.29, 0.717) is 16.3 Å². The first kappa shape index (κ1) is 17.5. The fourth-order valence-electron chi connectivity index (χ4n) is 2.44. The summed E-state index contributed by atoms with van der Waals surface area (Å²) in [7, 11) is 1.000. The second-order valence-corrected chi connectivity index (χ2v) is 7.80. The van der Waals surface area contributed by atoms with Crippen molar-refractivity contribution in [3.8, 4) is 5.75 Å². The van der Waals surface area contributed by atoms with E-state index in [4.69, 9.17) is 25.8 Å². The number of hydrogen-bond acceptors (Lipinski definition) is 5. The Labute approximate surface area is 136 Å². The summed E-state index contributed by atoms with van der Waals surface area (Å²) in [6, 6.07) is 5.12. The Hall–Kier alpha value is -0.860. The highest BCUT2D eigenvalue weighted by atomic mass is 35.5. The Bertz CT molecular complexity index is 622. The largest absolute Gasteiger partial charge is 0.496 e. The van der Waals surface area contributed by atoms with Gasteiger partial charge in [-0.15, -0.1) is 0 Å². The summed E-state index contributed by atoms with van der Waals surface area (Å²) in [5.41, 5.74) is 0.703. The number of hydrogen-bond donors (Lipinski definition) is 0. The highest BCUT2D eigenvalue weighted by molar-refractivity contribution is 7.89. The fraction of sp³-hybridized carbons (Fsp3) is 0.571. The van der Waals surface area contributed by atoms with E-state index in [0.717, 1.165) is 0 Å². The van der Waals surface area contributed by atoms with Gasteiger partial charge in [0.1, 0.15) is 17.1 Å². The maximum atomic E-state index is 12.7. The van der Waals surface area contributed by atoms with E-state index in [9.17, 15) is 8.42 Å². The van der Waals surface area contributed by atoms with Crippen molar-refractivity contribution >= 4 is 21.6 Å². The second kappa shape index (κ2) is 7.14. The summed E-state index contributed by atoms with van der Waals surface area (Å²) in [6.07, 6.45) is -0.450. The van der Waals surface area contributed by atoms with Gasteiger partial charge < -0.3 is 14.2 Å². The van der Waals surface area contributed by atoms with E-state index in [1.807, 2.05) is 0 Å². The second-order valence-electron chi connectivity index (χ2n) is 5.11. The maximum Gasteiger partial charge on any atom is 0.221 e. The summed E-state index contributed by atoms with van der Waals surface area (Å²) in [6.45, 7) is 0.589. The molecule has 0 bridgehead atoms. The van der Waals surface area contributed by atoms with Gasteiger partial charge in [0.05, 0.1) is 20.3 Å². The van der Waals surface area contributed by atoms with E-state index in [-0.39, 0.29) is 19.8 Å². The number of methoxy groups -OCH3 is 2. The third kappa shape index (κ3) is 3.55. The smallest absolute Gasteiger partial charge is 0.221 e. The zero-order valence-electron chi connectivity index (χ0n) is 12.8. The molecule has 1 fully saturated rings. The lowest BCUT2D eigenvalue weighted by atomic mass is 10.2. The summed E-state index contributed by atoms with van der Waals surface area (Å²) >= 11 is 5.98. The minimum Gasteiger partial charge on any atom is -0.496 e. The average molecular weight is 350 g/mol. The average Bonchev–Trinajstić information content (AvgIpc) is 2.96. The molecule has 2 unspecified atom stereocenters. The van der Waals surface area contributed by atoms with Crippen LogP contribution in [0.2, 0.25) is 5.02 Å². The third-order valence-corrected chi connectivity index (χ3v) is 6.17. The minimum atomic E-state index is -3.55. The van der Waals surface area contributed by atoms with Crippen LogP contribution >= 0.6 is 11.6 Å². The molecular weight excluding hydrogens is 330 g/mol. The predicted octanol–water partition coefficient (Wildman–Crippen LogP) is 1.52. The Balaban J connectivity index is 2.21. The molecule has 0 aromatic heterocycles. The molecule has 0 radical (unpaired) electrons. The van der Waals surface area contributed by atoms with Crippen LogP contribution in [0, 0.1) is 0 Å². The maximum absolute atomic E-state index is 12.7. The first-order valence-electron chi connectivity index (χ1n) is 6.78. The Kier molecular flexibility index (Phi) is 5.68. The third-order valence-electron chi connectivity index (χ3n) is 3.73. The Morgan fingerprint density at radius 2 is 2.09 bits per heavy atom. The number of ether oxygens (including phenoxy) is 3. The zero-order valence-corrected chi connectivity index (χ0v) is 14.4. The molecule has 1 aromatic carbocycles. The van der Waals surface area contributed by atoms with Crippen LogP contribution in [0.5, 0.6) is 5.75 Å². The van der Waals surface area contributed by atoms with Crippen molar-refractivity contribution in [3.05, 3.63) is 28.8 Å². The number of nitrogens with zero attached hydrogens (tertiary/aromatic N) is 1. The van der Waals surface area contributed by atoms with Crippen LogP contribution in [0.25, 0.3) is 0 Å². The van der Waals surface area contributed by atoms with Crippen LogP contribution in [0.3, 0.4) is 0 Å². The molecule has 0 saturated carbocycles. The van der Waals surface area contributed by atoms with Gasteiger partial charge in [0, 0.05) is 31.3 Å². The molecule has 0 aliphatic carbocycles. The summed E-state index contributed by atoms with van der Waals surface area (Å²) in [5, 5.41) is -0.173. The van der Waals surface area contributed by atoms with Gasteiger partial charge in [0.2, 0.25) is 10.0 Å². The predicted molar refractivity (Wildman–Crippen MR) is 83.8 cm³/mol. The lowest BCUT2D eigenvalue weighted by molar-refractivity contribution is 0.0825. The van der Waals surface area contributed by atoms with Crippen molar-refractivity contribution in [1.29, 1.82) is 0 Å². The molecule has 1 heterocycles. The molecule has 0 amide bonds. The standard InChI is InChI=1S/C14H20ClNO5S/c1-16(7-10-6-11(15)4-5-12(10)19-2)22(17,18)14-9-21-8-13(14)20-3/h4-6,13-14H,7-9H2,1-3H3. The lowest BCUT2D eigenvalue weighted by Crippen LogP contribution is -2.42. The van der Waals surface area contributed by atoms with Crippen LogP contribution in [0.4, 0.5) is 0 Å². The molecule has 6 nitrogen and oxygen atoms in total. The van der Waals surface area contributed by atoms with Gasteiger partial charge in [-0.1, -0.05) is 11.6 Å². The number of halogens is 1. The van der Waals surface area contributed by atoms with Gasteiger partial charge in [0.25, 0.3) is 0 Å². The van der Waals surface area contributed by atoms with E-state index in [1.165, 1.54) is 25.6 Å². The monoisotopic (exact) mass is 349 g/mol. The molecule has 0 spiro atoms. The Morgan fingerprint density at radius 1 is 1.36 bits per heavy atom. The summed E-state index contributed by atoms with van der Waals surface area (Å²) < 4.78 is 42.3. The molecule has 2 rings (SSSR count). The first-order valence-corrected chi connectivity index (χ1v) is 8.66. The molecule has 1 saturated heterocycles. The Morgan fingerprint density at radius 3 is 2.73 bits per heavy atom. The van der Waals surface area contributed by atoms with Crippen LogP contribution < -0.4 is 4.74 Å². The van der Waals surface area contributed by atoms with E-state index in [2.05, 4.69) is 0 Å². The molecule has 22 heavy (non-hydrogen) atoms. The van der Waals surface area contributed by atoms with Gasteiger partial charge >= 0.3 is 0 Å². The van der Waals surface area contributed by atoms with Crippen molar-refractivity contribution in [1.82, 2.24) is 4.31 Å². The van der Waals surface area contributed by atoms with Crippen molar-refractivity contribution in [2.45, 2.75) is 17.9 Å². The van der Waals surface area contributed by atoms with Crippen molar-refractivity contribution in [2.24, 2.45) is 0 Å². The lowest BCUT2D eigenvalue weighted by Gasteiger charge is -2.24. The normalized spacial score (nSPS) is 22.2. The van der Waals surface area contributed by atoms with E-state index < -0.39 is 21.4 Å². The molecule has 0 N–H and O–H groups in total. The molecule has 2 atom stereocenters. The van der Waals surface area contributed by atoms with E-state index >= 15 is 0 Å². The SMILES string of the molecule is COc1ccc(Cl)cc1CN(C)S(=O)(=O)C1COCC1OC. The van der Waals surface area contributed by atoms with Gasteiger partial charge in [0.15, 0.2) is 0 Å². The molecule has 1 aromatic rings. The van der Waals surface area contributed by atoms with Gasteiger partial charge in [-0.2, -0.15) is 0 Å². The number of benzene rings is 1. The van der Waals surface area contributed by atoms with Gasteiger partial charge in [-0.25, -0.2) is 12.7 Å². The van der Waals surface area contributed by atoms with Crippen molar-refractivity contribution in [2.75, 3.05) is 34.5 Å². The topological polar surface area (TPSA) is 65.1 Å². The van der Waals surface area contributed by atoms with Crippen molar-refractivity contribution < 1.29 is 22.6 Å². The van der Waals surface area contributed by atoms with Crippen LogP contribution in [0.1, 0.15) is 5.56 Å². The highest BCUT2D eigenvalue weighted by Crippen LogP contribution is 2.26. The number of rotatable bonds is 6. The van der Waals surface area contributed by atoms with Gasteiger partial charge in [-0.05, 0) is 18.2 Å².